The lowest BCUT2D eigenvalue weighted by atomic mass is 10.0. The van der Waals surface area contributed by atoms with Gasteiger partial charge in [-0.2, -0.15) is 0 Å². The molecule has 1 heterocycles. The second-order valence-corrected chi connectivity index (χ2v) is 5.96. The van der Waals surface area contributed by atoms with Crippen LogP contribution in [0.25, 0.3) is 0 Å². The number of rotatable bonds is 6. The van der Waals surface area contributed by atoms with Crippen molar-refractivity contribution in [1.82, 2.24) is 10.2 Å². The summed E-state index contributed by atoms with van der Waals surface area (Å²) >= 11 is 0. The SMILES string of the molecule is CCOc1ccccc1C(CN1CC(C)CC1C)NC. The number of likely N-dealkylation sites (N-methyl/N-ethyl adjacent to an activating group) is 1. The predicted octanol–water partition coefficient (Wildman–Crippen LogP) is 3.08. The first-order chi connectivity index (χ1) is 9.65. The maximum Gasteiger partial charge on any atom is 0.124 e. The normalized spacial score (nSPS) is 24.8. The van der Waals surface area contributed by atoms with Gasteiger partial charge in [0.15, 0.2) is 0 Å². The summed E-state index contributed by atoms with van der Waals surface area (Å²) in [7, 11) is 2.04. The zero-order valence-corrected chi connectivity index (χ0v) is 13.2. The highest BCUT2D eigenvalue weighted by Gasteiger charge is 2.28. The molecule has 1 aromatic carbocycles. The second-order valence-electron chi connectivity index (χ2n) is 5.96. The molecule has 1 aliphatic rings. The number of nitrogens with one attached hydrogen (secondary N) is 1. The van der Waals surface area contributed by atoms with Crippen molar-refractivity contribution in [1.29, 1.82) is 0 Å². The number of hydrogen-bond donors (Lipinski definition) is 1. The quantitative estimate of drug-likeness (QED) is 0.864. The molecule has 3 nitrogen and oxygen atoms in total. The molecule has 2 rings (SSSR count). The van der Waals surface area contributed by atoms with Crippen LogP contribution in [0.5, 0.6) is 5.75 Å². The van der Waals surface area contributed by atoms with Crippen molar-refractivity contribution in [2.24, 2.45) is 5.92 Å². The van der Waals surface area contributed by atoms with Crippen LogP contribution in [0.1, 0.15) is 38.8 Å². The van der Waals surface area contributed by atoms with E-state index < -0.39 is 0 Å². The minimum atomic E-state index is 0.325. The monoisotopic (exact) mass is 276 g/mol. The number of ether oxygens (including phenoxy) is 1. The lowest BCUT2D eigenvalue weighted by Gasteiger charge is -2.28. The Kier molecular flexibility index (Phi) is 5.44. The van der Waals surface area contributed by atoms with Crippen LogP contribution < -0.4 is 10.1 Å². The van der Waals surface area contributed by atoms with Crippen LogP contribution in [0.3, 0.4) is 0 Å². The number of likely N-dealkylation sites (tertiary alicyclic amines) is 1. The Labute approximate surface area is 123 Å². The molecule has 3 unspecified atom stereocenters. The van der Waals surface area contributed by atoms with Crippen LogP contribution >= 0.6 is 0 Å². The van der Waals surface area contributed by atoms with E-state index in [9.17, 15) is 0 Å². The summed E-state index contributed by atoms with van der Waals surface area (Å²) in [5.74, 6) is 1.82. The third-order valence-corrected chi connectivity index (χ3v) is 4.27. The highest BCUT2D eigenvalue weighted by atomic mass is 16.5. The van der Waals surface area contributed by atoms with Crippen LogP contribution in [0.4, 0.5) is 0 Å². The third-order valence-electron chi connectivity index (χ3n) is 4.27. The van der Waals surface area contributed by atoms with E-state index in [4.69, 9.17) is 4.74 Å². The third kappa shape index (κ3) is 3.53. The number of hydrogen-bond acceptors (Lipinski definition) is 3. The molecular formula is C17H28N2O. The van der Waals surface area contributed by atoms with Crippen LogP contribution in [0.15, 0.2) is 24.3 Å². The molecule has 3 atom stereocenters. The molecule has 1 aliphatic heterocycles. The van der Waals surface area contributed by atoms with Crippen molar-refractivity contribution >= 4 is 0 Å². The van der Waals surface area contributed by atoms with E-state index in [1.165, 1.54) is 18.5 Å². The highest BCUT2D eigenvalue weighted by molar-refractivity contribution is 5.36. The van der Waals surface area contributed by atoms with Crippen LogP contribution in [0.2, 0.25) is 0 Å². The van der Waals surface area contributed by atoms with E-state index >= 15 is 0 Å². The predicted molar refractivity (Wildman–Crippen MR) is 84.2 cm³/mol. The summed E-state index contributed by atoms with van der Waals surface area (Å²) < 4.78 is 5.77. The summed E-state index contributed by atoms with van der Waals surface area (Å²) in [6.45, 7) is 9.69. The van der Waals surface area contributed by atoms with Gasteiger partial charge in [-0.05, 0) is 39.3 Å². The van der Waals surface area contributed by atoms with Crippen molar-refractivity contribution < 1.29 is 4.74 Å². The molecule has 0 saturated carbocycles. The van der Waals surface area contributed by atoms with Crippen molar-refractivity contribution in [3.05, 3.63) is 29.8 Å². The molecule has 112 valence electrons. The van der Waals surface area contributed by atoms with Gasteiger partial charge in [-0.15, -0.1) is 0 Å². The lowest BCUT2D eigenvalue weighted by molar-refractivity contribution is 0.234. The number of para-hydroxylation sites is 1. The summed E-state index contributed by atoms with van der Waals surface area (Å²) in [5, 5.41) is 3.46. The van der Waals surface area contributed by atoms with E-state index in [0.29, 0.717) is 18.7 Å². The largest absolute Gasteiger partial charge is 0.494 e. The first-order valence-electron chi connectivity index (χ1n) is 7.78. The minimum Gasteiger partial charge on any atom is -0.494 e. The van der Waals surface area contributed by atoms with Gasteiger partial charge < -0.3 is 10.1 Å². The van der Waals surface area contributed by atoms with Crippen LogP contribution in [-0.2, 0) is 0 Å². The molecular weight excluding hydrogens is 248 g/mol. The molecule has 0 bridgehead atoms. The maximum atomic E-state index is 5.77. The summed E-state index contributed by atoms with van der Waals surface area (Å²) in [6, 6.07) is 9.39. The van der Waals surface area contributed by atoms with E-state index in [2.05, 4.69) is 42.3 Å². The van der Waals surface area contributed by atoms with Crippen molar-refractivity contribution in [2.45, 2.75) is 39.3 Å². The minimum absolute atomic E-state index is 0.325. The molecule has 1 aromatic rings. The van der Waals surface area contributed by atoms with E-state index in [0.717, 1.165) is 18.2 Å². The molecule has 1 N–H and O–H groups in total. The first-order valence-corrected chi connectivity index (χ1v) is 7.78. The standard InChI is InChI=1S/C17H28N2O/c1-5-20-17-9-7-6-8-15(17)16(18-4)12-19-11-13(2)10-14(19)3/h6-9,13-14,16,18H,5,10-12H2,1-4H3. The molecule has 1 fully saturated rings. The lowest BCUT2D eigenvalue weighted by Crippen LogP contribution is -2.36. The first kappa shape index (κ1) is 15.3. The summed E-state index contributed by atoms with van der Waals surface area (Å²) in [4.78, 5) is 2.59. The Morgan fingerprint density at radius 3 is 2.70 bits per heavy atom. The maximum absolute atomic E-state index is 5.77. The molecule has 0 amide bonds. The van der Waals surface area contributed by atoms with E-state index in [1.54, 1.807) is 0 Å². The Bertz CT molecular complexity index is 421. The van der Waals surface area contributed by atoms with Gasteiger partial charge in [0.25, 0.3) is 0 Å². The number of nitrogens with zero attached hydrogens (tertiary/aromatic N) is 1. The molecule has 0 aromatic heterocycles. The average molecular weight is 276 g/mol. The second kappa shape index (κ2) is 7.09. The molecule has 0 radical (unpaired) electrons. The average Bonchev–Trinajstić information content (AvgIpc) is 2.75. The molecule has 0 spiro atoms. The van der Waals surface area contributed by atoms with Crippen LogP contribution in [-0.4, -0.2) is 37.7 Å². The Balaban J connectivity index is 2.12. The summed E-state index contributed by atoms with van der Waals surface area (Å²) in [6.07, 6.45) is 1.31. The fraction of sp³-hybridized carbons (Fsp3) is 0.647. The fourth-order valence-corrected chi connectivity index (χ4v) is 3.28. The fourth-order valence-electron chi connectivity index (χ4n) is 3.28. The Morgan fingerprint density at radius 2 is 2.10 bits per heavy atom. The molecule has 1 saturated heterocycles. The Morgan fingerprint density at radius 1 is 1.35 bits per heavy atom. The summed E-state index contributed by atoms with van der Waals surface area (Å²) in [5.41, 5.74) is 1.27. The molecule has 20 heavy (non-hydrogen) atoms. The number of benzene rings is 1. The van der Waals surface area contributed by atoms with Gasteiger partial charge >= 0.3 is 0 Å². The van der Waals surface area contributed by atoms with Gasteiger partial charge in [-0.1, -0.05) is 25.1 Å². The zero-order chi connectivity index (χ0) is 14.5. The van der Waals surface area contributed by atoms with Gasteiger partial charge in [0.2, 0.25) is 0 Å². The van der Waals surface area contributed by atoms with Crippen LogP contribution in [0, 0.1) is 5.92 Å². The van der Waals surface area contributed by atoms with Gasteiger partial charge in [0, 0.05) is 30.7 Å². The molecule has 0 aliphatic carbocycles. The Hall–Kier alpha value is -1.06. The molecule has 3 heteroatoms. The van der Waals surface area contributed by atoms with Gasteiger partial charge in [0.05, 0.1) is 6.61 Å². The van der Waals surface area contributed by atoms with Gasteiger partial charge in [-0.3, -0.25) is 4.90 Å². The van der Waals surface area contributed by atoms with E-state index in [-0.39, 0.29) is 0 Å². The highest BCUT2D eigenvalue weighted by Crippen LogP contribution is 2.29. The van der Waals surface area contributed by atoms with Crippen molar-refractivity contribution in [3.63, 3.8) is 0 Å². The smallest absolute Gasteiger partial charge is 0.124 e. The van der Waals surface area contributed by atoms with Gasteiger partial charge in [-0.25, -0.2) is 0 Å². The zero-order valence-electron chi connectivity index (χ0n) is 13.2. The topological polar surface area (TPSA) is 24.5 Å². The van der Waals surface area contributed by atoms with Gasteiger partial charge in [0.1, 0.15) is 5.75 Å². The van der Waals surface area contributed by atoms with E-state index in [1.807, 2.05) is 20.0 Å². The van der Waals surface area contributed by atoms with Crippen molar-refractivity contribution in [3.8, 4) is 5.75 Å². The van der Waals surface area contributed by atoms with Crippen molar-refractivity contribution in [2.75, 3.05) is 26.7 Å².